The van der Waals surface area contributed by atoms with E-state index in [2.05, 4.69) is 21.1 Å². The molecule has 240 valence electrons. The van der Waals surface area contributed by atoms with Gasteiger partial charge in [0.1, 0.15) is 11.5 Å². The highest BCUT2D eigenvalue weighted by Gasteiger charge is 2.12. The van der Waals surface area contributed by atoms with Crippen molar-refractivity contribution in [3.05, 3.63) is 131 Å². The second kappa shape index (κ2) is 18.8. The minimum Gasteiger partial charge on any atom is -0.422 e. The van der Waals surface area contributed by atoms with Crippen LogP contribution >= 0.6 is 0 Å². The van der Waals surface area contributed by atoms with Crippen LogP contribution in [0.5, 0.6) is 11.5 Å². The maximum absolute atomic E-state index is 12.4. The van der Waals surface area contributed by atoms with Crippen LogP contribution in [0.15, 0.2) is 119 Å². The zero-order chi connectivity index (χ0) is 33.1. The quantitative estimate of drug-likeness (QED) is 0.0479. The zero-order valence-corrected chi connectivity index (χ0v) is 25.8. The summed E-state index contributed by atoms with van der Waals surface area (Å²) >= 11 is 0. The first-order chi connectivity index (χ1) is 23.0. The lowest BCUT2D eigenvalue weighted by molar-refractivity contribution is -0.121. The van der Waals surface area contributed by atoms with Crippen LogP contribution in [0.2, 0.25) is 0 Å². The number of amides is 2. The van der Waals surface area contributed by atoms with Gasteiger partial charge in [0.2, 0.25) is 11.8 Å². The number of unbranched alkanes of at least 4 members (excludes halogenated alkanes) is 4. The Hall–Kier alpha value is -5.90. The van der Waals surface area contributed by atoms with Gasteiger partial charge in [0, 0.05) is 24.0 Å². The highest BCUT2D eigenvalue weighted by atomic mass is 16.5. The van der Waals surface area contributed by atoms with Crippen LogP contribution in [-0.4, -0.2) is 36.2 Å². The molecule has 4 rings (SSSR count). The number of hydrogen-bond donors (Lipinski definition) is 2. The van der Waals surface area contributed by atoms with E-state index in [1.807, 2.05) is 12.1 Å². The number of nitrogens with one attached hydrogen (secondary N) is 2. The lowest BCUT2D eigenvalue weighted by atomic mass is 10.1. The Morgan fingerprint density at radius 1 is 0.489 bits per heavy atom. The van der Waals surface area contributed by atoms with E-state index in [0.717, 1.165) is 19.3 Å². The van der Waals surface area contributed by atoms with Crippen LogP contribution in [0.4, 0.5) is 0 Å². The highest BCUT2D eigenvalue weighted by molar-refractivity contribution is 5.94. The summed E-state index contributed by atoms with van der Waals surface area (Å²) in [5, 5.41) is 8.02. The molecule has 2 amide bonds. The summed E-state index contributed by atoms with van der Waals surface area (Å²) in [5.74, 6) is -0.709. The van der Waals surface area contributed by atoms with Gasteiger partial charge in [-0.2, -0.15) is 10.2 Å². The standard InChI is InChI=1S/C37H36N4O6/c42-34(40-38-26-30-20-12-14-22-32(30)46-36(44)28-16-6-4-7-17-28)24-10-2-1-3-11-25-35(43)41-39-27-31-21-13-15-23-33(31)47-37(45)29-18-8-5-9-19-29/h4-9,12-23,26-27H,1-3,10-11,24-25H2,(H,40,42)(H,41,43)/b38-26-,39-27-. The van der Waals surface area contributed by atoms with E-state index in [0.29, 0.717) is 59.4 Å². The normalized spacial score (nSPS) is 10.9. The van der Waals surface area contributed by atoms with Gasteiger partial charge in [-0.25, -0.2) is 20.4 Å². The van der Waals surface area contributed by atoms with Gasteiger partial charge in [0.25, 0.3) is 0 Å². The number of hydrazone groups is 2. The molecule has 0 heterocycles. The van der Waals surface area contributed by atoms with Gasteiger partial charge in [0.15, 0.2) is 0 Å². The fraction of sp³-hybridized carbons (Fsp3) is 0.189. The van der Waals surface area contributed by atoms with Gasteiger partial charge in [-0.3, -0.25) is 9.59 Å². The molecule has 0 aromatic heterocycles. The highest BCUT2D eigenvalue weighted by Crippen LogP contribution is 2.19. The van der Waals surface area contributed by atoms with Crippen LogP contribution in [-0.2, 0) is 9.59 Å². The number of esters is 2. The number of nitrogens with zero attached hydrogens (tertiary/aromatic N) is 2. The third-order valence-corrected chi connectivity index (χ3v) is 6.86. The van der Waals surface area contributed by atoms with Gasteiger partial charge in [0.05, 0.1) is 23.6 Å². The van der Waals surface area contributed by atoms with E-state index in [-0.39, 0.29) is 11.8 Å². The van der Waals surface area contributed by atoms with E-state index in [4.69, 9.17) is 9.47 Å². The third-order valence-electron chi connectivity index (χ3n) is 6.86. The fourth-order valence-corrected chi connectivity index (χ4v) is 4.39. The summed E-state index contributed by atoms with van der Waals surface area (Å²) in [7, 11) is 0. The Morgan fingerprint density at radius 2 is 0.851 bits per heavy atom. The molecule has 0 atom stereocenters. The minimum atomic E-state index is -0.480. The lowest BCUT2D eigenvalue weighted by Gasteiger charge is -2.07. The first-order valence-electron chi connectivity index (χ1n) is 15.4. The Kier molecular flexibility index (Phi) is 13.6. The molecule has 0 bridgehead atoms. The molecule has 2 N–H and O–H groups in total. The van der Waals surface area contributed by atoms with Crippen molar-refractivity contribution >= 4 is 36.2 Å². The smallest absolute Gasteiger partial charge is 0.343 e. The molecule has 10 heteroatoms. The van der Waals surface area contributed by atoms with E-state index < -0.39 is 11.9 Å². The number of ether oxygens (including phenoxy) is 2. The number of carbonyl (C=O) groups excluding carboxylic acids is 4. The maximum atomic E-state index is 12.4. The first-order valence-corrected chi connectivity index (χ1v) is 15.4. The molecule has 0 unspecified atom stereocenters. The predicted molar refractivity (Wildman–Crippen MR) is 179 cm³/mol. The number of para-hydroxylation sites is 2. The van der Waals surface area contributed by atoms with Crippen molar-refractivity contribution in [1.82, 2.24) is 10.9 Å². The summed E-state index contributed by atoms with van der Waals surface area (Å²) in [4.78, 5) is 49.2. The SMILES string of the molecule is O=C(CCCCCCCC(=O)N/N=C\c1ccccc1OC(=O)c1ccccc1)N/N=C\c1ccccc1OC(=O)c1ccccc1. The van der Waals surface area contributed by atoms with Crippen LogP contribution in [0.3, 0.4) is 0 Å². The van der Waals surface area contributed by atoms with Gasteiger partial charge >= 0.3 is 11.9 Å². The Morgan fingerprint density at radius 3 is 1.28 bits per heavy atom. The van der Waals surface area contributed by atoms with Gasteiger partial charge in [-0.15, -0.1) is 0 Å². The van der Waals surface area contributed by atoms with Crippen LogP contribution in [0.25, 0.3) is 0 Å². The number of hydrogen-bond acceptors (Lipinski definition) is 8. The third kappa shape index (κ3) is 11.8. The molecule has 0 fully saturated rings. The summed E-state index contributed by atoms with van der Waals surface area (Å²) in [6.07, 6.45) is 7.47. The average molecular weight is 633 g/mol. The molecular weight excluding hydrogens is 596 g/mol. The summed E-state index contributed by atoms with van der Waals surface area (Å²) in [5.41, 5.74) is 7.00. The fourth-order valence-electron chi connectivity index (χ4n) is 4.39. The molecule has 0 radical (unpaired) electrons. The molecule has 0 saturated carbocycles. The number of benzene rings is 4. The number of rotatable bonds is 16. The average Bonchev–Trinajstić information content (AvgIpc) is 3.10. The molecule has 4 aromatic rings. The topological polar surface area (TPSA) is 136 Å². The van der Waals surface area contributed by atoms with Crippen LogP contribution < -0.4 is 20.3 Å². The molecule has 10 nitrogen and oxygen atoms in total. The van der Waals surface area contributed by atoms with E-state index >= 15 is 0 Å². The van der Waals surface area contributed by atoms with E-state index in [1.165, 1.54) is 12.4 Å². The minimum absolute atomic E-state index is 0.214. The van der Waals surface area contributed by atoms with Gasteiger partial charge in [-0.1, -0.05) is 79.9 Å². The monoisotopic (exact) mass is 632 g/mol. The molecule has 0 saturated heterocycles. The van der Waals surface area contributed by atoms with Crippen molar-refractivity contribution in [3.63, 3.8) is 0 Å². The van der Waals surface area contributed by atoms with Crippen molar-refractivity contribution in [2.75, 3.05) is 0 Å². The molecule has 4 aromatic carbocycles. The largest absolute Gasteiger partial charge is 0.422 e. The van der Waals surface area contributed by atoms with Crippen molar-refractivity contribution in [2.45, 2.75) is 44.9 Å². The molecule has 0 aliphatic rings. The molecule has 0 aliphatic heterocycles. The van der Waals surface area contributed by atoms with Crippen molar-refractivity contribution in [2.24, 2.45) is 10.2 Å². The lowest BCUT2D eigenvalue weighted by Crippen LogP contribution is -2.17. The van der Waals surface area contributed by atoms with Gasteiger partial charge < -0.3 is 9.47 Å². The van der Waals surface area contributed by atoms with Crippen molar-refractivity contribution in [1.29, 1.82) is 0 Å². The second-order valence-electron chi connectivity index (χ2n) is 10.4. The Balaban J connectivity index is 1.08. The molecule has 0 spiro atoms. The van der Waals surface area contributed by atoms with Gasteiger partial charge in [-0.05, 0) is 61.4 Å². The summed E-state index contributed by atoms with van der Waals surface area (Å²) in [6, 6.07) is 31.2. The maximum Gasteiger partial charge on any atom is 0.343 e. The van der Waals surface area contributed by atoms with E-state index in [9.17, 15) is 19.2 Å². The first kappa shape index (κ1) is 34.0. The van der Waals surface area contributed by atoms with Crippen LogP contribution in [0, 0.1) is 0 Å². The van der Waals surface area contributed by atoms with E-state index in [1.54, 1.807) is 97.1 Å². The molecule has 47 heavy (non-hydrogen) atoms. The predicted octanol–water partition coefficient (Wildman–Crippen LogP) is 6.46. The summed E-state index contributed by atoms with van der Waals surface area (Å²) < 4.78 is 11.0. The second-order valence-corrected chi connectivity index (χ2v) is 10.4. The Labute approximate surface area is 273 Å². The van der Waals surface area contributed by atoms with Crippen molar-refractivity contribution in [3.8, 4) is 11.5 Å². The molecule has 0 aliphatic carbocycles. The zero-order valence-electron chi connectivity index (χ0n) is 25.8. The molecular formula is C37H36N4O6. The Bertz CT molecular complexity index is 1560. The summed E-state index contributed by atoms with van der Waals surface area (Å²) in [6.45, 7) is 0. The van der Waals surface area contributed by atoms with Crippen molar-refractivity contribution < 1.29 is 28.7 Å². The van der Waals surface area contributed by atoms with Crippen LogP contribution in [0.1, 0.15) is 76.8 Å². The number of carbonyl (C=O) groups is 4.